The van der Waals surface area contributed by atoms with Crippen LogP contribution in [0.3, 0.4) is 0 Å². The lowest BCUT2D eigenvalue weighted by Crippen LogP contribution is -2.48. The Hall–Kier alpha value is -3.88. The third kappa shape index (κ3) is 4.55. The van der Waals surface area contributed by atoms with Crippen LogP contribution in [0.2, 0.25) is 0 Å². The van der Waals surface area contributed by atoms with Crippen molar-refractivity contribution in [1.29, 1.82) is 0 Å². The van der Waals surface area contributed by atoms with Gasteiger partial charge in [0.15, 0.2) is 29.6 Å². The summed E-state index contributed by atoms with van der Waals surface area (Å²) in [5.74, 6) is 0.549. The molecule has 3 aliphatic heterocycles. The summed E-state index contributed by atoms with van der Waals surface area (Å²) in [6, 6.07) is 1.42. The molecule has 4 aliphatic rings. The molecular weight excluding hydrogens is 537 g/mol. The Morgan fingerprint density at radius 1 is 1.27 bits per heavy atom. The van der Waals surface area contributed by atoms with Crippen LogP contribution in [0.15, 0.2) is 16.7 Å². The molecule has 0 bridgehead atoms. The van der Waals surface area contributed by atoms with Crippen molar-refractivity contribution in [3.63, 3.8) is 0 Å². The molecule has 2 aromatic heterocycles. The van der Waals surface area contributed by atoms with Gasteiger partial charge in [0.2, 0.25) is 5.89 Å². The Balaban J connectivity index is 0.980. The van der Waals surface area contributed by atoms with Gasteiger partial charge in [0.1, 0.15) is 17.2 Å². The number of aliphatic hydroxyl groups is 1. The number of nitrogens with zero attached hydrogens (tertiary/aromatic N) is 5. The van der Waals surface area contributed by atoms with E-state index in [1.807, 2.05) is 6.07 Å². The highest BCUT2D eigenvalue weighted by molar-refractivity contribution is 5.94. The minimum absolute atomic E-state index is 0.122. The van der Waals surface area contributed by atoms with E-state index < -0.39 is 17.7 Å². The average Bonchev–Trinajstić information content (AvgIpc) is 3.66. The lowest BCUT2D eigenvalue weighted by atomic mass is 9.90. The number of halogens is 1. The number of carbonyl (C=O) groups excluding carboxylic acids is 2. The van der Waals surface area contributed by atoms with Gasteiger partial charge in [-0.05, 0) is 43.0 Å². The number of oxazole rings is 1. The number of rotatable bonds is 6. The van der Waals surface area contributed by atoms with Gasteiger partial charge >= 0.3 is 6.09 Å². The Morgan fingerprint density at radius 2 is 2.10 bits per heavy atom. The molecule has 0 radical (unpaired) electrons. The van der Waals surface area contributed by atoms with Crippen molar-refractivity contribution in [2.75, 3.05) is 56.7 Å². The van der Waals surface area contributed by atoms with Crippen molar-refractivity contribution in [2.24, 2.45) is 5.92 Å². The first-order chi connectivity index (χ1) is 19.8. The number of hydrogen-bond acceptors (Lipinski definition) is 11. The Morgan fingerprint density at radius 3 is 2.88 bits per heavy atom. The number of nitrogens with one attached hydrogen (secondary N) is 2. The Labute approximate surface area is 234 Å². The molecular formula is C27H30FN7O6. The smallest absolute Gasteiger partial charge is 0.416 e. The number of amides is 2. The number of aliphatic hydroxyl groups excluding tert-OH is 1. The lowest BCUT2D eigenvalue weighted by molar-refractivity contribution is -0.118. The number of aromatic nitrogens is 3. The first-order valence-corrected chi connectivity index (χ1v) is 13.8. The highest BCUT2D eigenvalue weighted by Gasteiger charge is 2.48. The van der Waals surface area contributed by atoms with Gasteiger partial charge < -0.3 is 34.5 Å². The molecule has 41 heavy (non-hydrogen) atoms. The molecule has 0 saturated carbocycles. The molecule has 13 nitrogen and oxygen atoms in total. The molecule has 5 heterocycles. The first-order valence-electron chi connectivity index (χ1n) is 13.8. The van der Waals surface area contributed by atoms with Gasteiger partial charge in [0.25, 0.3) is 11.8 Å². The van der Waals surface area contributed by atoms with Crippen LogP contribution < -0.4 is 20.3 Å². The standard InChI is InChI=1S/C27H30FN7O6/c1-29-18(11-36)24-31-17-8-15-6-14(7-16(15)21(28)22(17)40-24)10-34-4-2-27(3-5-34)13-35(26(38)41-27)19-9-30-25-23(32-19)33-20(37)12-39-25/h8-9,14,18,29,36H,2-7,10-13H2,1H3,(H,32,33,37)/t14?,18-/m1/s1. The van der Waals surface area contributed by atoms with Crippen molar-refractivity contribution < 1.29 is 33.0 Å². The maximum Gasteiger partial charge on any atom is 0.416 e. The zero-order valence-electron chi connectivity index (χ0n) is 22.5. The number of likely N-dealkylation sites (N-methyl/N-ethyl adjacent to an activating group) is 1. The summed E-state index contributed by atoms with van der Waals surface area (Å²) in [7, 11) is 1.69. The van der Waals surface area contributed by atoms with E-state index in [4.69, 9.17) is 13.9 Å². The van der Waals surface area contributed by atoms with Crippen molar-refractivity contribution in [3.8, 4) is 5.88 Å². The summed E-state index contributed by atoms with van der Waals surface area (Å²) >= 11 is 0. The van der Waals surface area contributed by atoms with Crippen molar-refractivity contribution in [3.05, 3.63) is 35.1 Å². The van der Waals surface area contributed by atoms with Gasteiger partial charge in [0.05, 0.1) is 19.3 Å². The highest BCUT2D eigenvalue weighted by Crippen LogP contribution is 2.38. The molecule has 2 fully saturated rings. The number of hydrogen-bond donors (Lipinski definition) is 3. The predicted molar refractivity (Wildman–Crippen MR) is 142 cm³/mol. The zero-order chi connectivity index (χ0) is 28.3. The van der Waals surface area contributed by atoms with Crippen LogP contribution in [0.25, 0.3) is 11.1 Å². The van der Waals surface area contributed by atoms with Gasteiger partial charge in [0, 0.05) is 32.5 Å². The SMILES string of the molecule is CN[C@H](CO)c1nc2cc3c(c(F)c2o1)CC(CN1CCC2(CC1)CN(c1cnc4c(n1)NC(=O)CO4)C(=O)O2)C3. The van der Waals surface area contributed by atoms with E-state index in [2.05, 4.69) is 30.5 Å². The summed E-state index contributed by atoms with van der Waals surface area (Å²) < 4.78 is 32.2. The molecule has 3 N–H and O–H groups in total. The van der Waals surface area contributed by atoms with Crippen molar-refractivity contribution in [2.45, 2.75) is 37.3 Å². The molecule has 3 aromatic rings. The topological polar surface area (TPSA) is 155 Å². The molecule has 2 saturated heterocycles. The molecule has 1 unspecified atom stereocenters. The fourth-order valence-corrected chi connectivity index (χ4v) is 6.34. The molecule has 1 aromatic carbocycles. The van der Waals surface area contributed by atoms with E-state index in [1.54, 1.807) is 7.05 Å². The number of likely N-dealkylation sites (tertiary alicyclic amines) is 1. The summed E-state index contributed by atoms with van der Waals surface area (Å²) in [5.41, 5.74) is 1.61. The van der Waals surface area contributed by atoms with E-state index in [-0.39, 0.29) is 54.0 Å². The summed E-state index contributed by atoms with van der Waals surface area (Å²) in [6.45, 7) is 2.33. The van der Waals surface area contributed by atoms with E-state index in [0.717, 1.165) is 31.6 Å². The molecule has 1 aliphatic carbocycles. The lowest BCUT2D eigenvalue weighted by Gasteiger charge is -2.38. The van der Waals surface area contributed by atoms with Crippen LogP contribution in [-0.2, 0) is 22.4 Å². The maximum absolute atomic E-state index is 15.4. The van der Waals surface area contributed by atoms with Crippen LogP contribution >= 0.6 is 0 Å². The van der Waals surface area contributed by atoms with Gasteiger partial charge in [-0.2, -0.15) is 0 Å². The number of anilines is 2. The summed E-state index contributed by atoms with van der Waals surface area (Å²) in [5, 5.41) is 15.0. The van der Waals surface area contributed by atoms with Crippen LogP contribution in [-0.4, -0.2) is 89.0 Å². The monoisotopic (exact) mass is 567 g/mol. The van der Waals surface area contributed by atoms with Gasteiger partial charge in [-0.1, -0.05) is 0 Å². The third-order valence-corrected chi connectivity index (χ3v) is 8.52. The van der Waals surface area contributed by atoms with E-state index in [9.17, 15) is 14.7 Å². The molecule has 216 valence electrons. The second-order valence-corrected chi connectivity index (χ2v) is 11.2. The number of benzene rings is 1. The first kappa shape index (κ1) is 26.0. The van der Waals surface area contributed by atoms with Crippen LogP contribution in [0.1, 0.15) is 35.9 Å². The summed E-state index contributed by atoms with van der Waals surface area (Å²) in [4.78, 5) is 41.2. The van der Waals surface area contributed by atoms with Gasteiger partial charge in [-0.3, -0.25) is 9.69 Å². The number of ether oxygens (including phenoxy) is 2. The third-order valence-electron chi connectivity index (χ3n) is 8.52. The van der Waals surface area contributed by atoms with E-state index in [0.29, 0.717) is 42.7 Å². The second-order valence-electron chi connectivity index (χ2n) is 11.2. The van der Waals surface area contributed by atoms with Crippen LogP contribution in [0.5, 0.6) is 5.88 Å². The van der Waals surface area contributed by atoms with E-state index in [1.165, 1.54) is 11.1 Å². The Kier molecular flexibility index (Phi) is 6.28. The van der Waals surface area contributed by atoms with E-state index >= 15 is 4.39 Å². The minimum Gasteiger partial charge on any atom is -0.465 e. The number of piperidine rings is 1. The quantitative estimate of drug-likeness (QED) is 0.397. The second kappa shape index (κ2) is 9.89. The molecule has 2 amide bonds. The minimum atomic E-state index is -0.622. The van der Waals surface area contributed by atoms with Crippen molar-refractivity contribution in [1.82, 2.24) is 25.2 Å². The number of fused-ring (bicyclic) bond motifs is 3. The highest BCUT2D eigenvalue weighted by atomic mass is 19.1. The summed E-state index contributed by atoms with van der Waals surface area (Å²) in [6.07, 6.45) is 3.66. The molecule has 7 rings (SSSR count). The largest absolute Gasteiger partial charge is 0.465 e. The average molecular weight is 568 g/mol. The van der Waals surface area contributed by atoms with Crippen LogP contribution in [0, 0.1) is 11.7 Å². The van der Waals surface area contributed by atoms with Gasteiger partial charge in [-0.25, -0.2) is 24.1 Å². The molecule has 14 heteroatoms. The fourth-order valence-electron chi connectivity index (χ4n) is 6.34. The fraction of sp³-hybridized carbons (Fsp3) is 0.519. The molecule has 1 spiro atoms. The van der Waals surface area contributed by atoms with Crippen molar-refractivity contribution >= 4 is 34.7 Å². The maximum atomic E-state index is 15.4. The normalized spacial score (nSPS) is 22.4. The number of carbonyl (C=O) groups is 2. The van der Waals surface area contributed by atoms with Crippen LogP contribution in [0.4, 0.5) is 20.8 Å². The van der Waals surface area contributed by atoms with Gasteiger partial charge in [-0.15, -0.1) is 0 Å². The Bertz CT molecular complexity index is 1530. The zero-order valence-corrected chi connectivity index (χ0v) is 22.5. The molecule has 2 atom stereocenters. The predicted octanol–water partition coefficient (Wildman–Crippen LogP) is 1.55.